The van der Waals surface area contributed by atoms with E-state index in [0.29, 0.717) is 6.54 Å². The van der Waals surface area contributed by atoms with Gasteiger partial charge in [0.2, 0.25) is 5.91 Å². The lowest BCUT2D eigenvalue weighted by Gasteiger charge is -2.19. The fourth-order valence-electron chi connectivity index (χ4n) is 2.63. The maximum absolute atomic E-state index is 12.0. The Hall–Kier alpha value is -1.59. The van der Waals surface area contributed by atoms with Crippen molar-refractivity contribution < 1.29 is 9.53 Å². The van der Waals surface area contributed by atoms with Gasteiger partial charge in [0.05, 0.1) is 12.5 Å². The molecule has 1 unspecified atom stereocenters. The average molecular weight is 291 g/mol. The van der Waals surface area contributed by atoms with E-state index in [0.717, 1.165) is 24.3 Å². The van der Waals surface area contributed by atoms with Gasteiger partial charge < -0.3 is 20.7 Å². The fraction of sp³-hybridized carbons (Fsp3) is 0.562. The third-order valence-electron chi connectivity index (χ3n) is 3.96. The van der Waals surface area contributed by atoms with Gasteiger partial charge in [-0.25, -0.2) is 0 Å². The number of hydrogen-bond donors (Lipinski definition) is 2. The van der Waals surface area contributed by atoms with Gasteiger partial charge in [-0.15, -0.1) is 0 Å². The first-order valence-corrected chi connectivity index (χ1v) is 7.52. The Morgan fingerprint density at radius 3 is 2.71 bits per heavy atom. The fourth-order valence-corrected chi connectivity index (χ4v) is 2.63. The van der Waals surface area contributed by atoms with Crippen molar-refractivity contribution in [1.29, 1.82) is 0 Å². The predicted octanol–water partition coefficient (Wildman–Crippen LogP) is 1.90. The molecule has 1 fully saturated rings. The molecule has 0 aromatic heterocycles. The molecule has 0 radical (unpaired) electrons. The molecule has 21 heavy (non-hydrogen) atoms. The van der Waals surface area contributed by atoms with Gasteiger partial charge in [0, 0.05) is 38.1 Å². The Morgan fingerprint density at radius 1 is 1.43 bits per heavy atom. The number of amides is 1. The maximum atomic E-state index is 12.0. The number of nitrogens with zero attached hydrogens (tertiary/aromatic N) is 1. The number of carbonyl (C=O) groups is 1. The van der Waals surface area contributed by atoms with Crippen LogP contribution in [0.1, 0.15) is 24.8 Å². The number of methoxy groups -OCH3 is 1. The highest BCUT2D eigenvalue weighted by Gasteiger charge is 2.15. The van der Waals surface area contributed by atoms with Gasteiger partial charge in [0.25, 0.3) is 0 Å². The van der Waals surface area contributed by atoms with Crippen molar-refractivity contribution in [3.05, 3.63) is 23.8 Å². The van der Waals surface area contributed by atoms with Crippen LogP contribution in [0.3, 0.4) is 0 Å². The van der Waals surface area contributed by atoms with Crippen LogP contribution in [0.5, 0.6) is 0 Å². The number of anilines is 2. The molecule has 5 nitrogen and oxygen atoms in total. The summed E-state index contributed by atoms with van der Waals surface area (Å²) in [4.78, 5) is 14.4. The lowest BCUT2D eigenvalue weighted by molar-refractivity contribution is -0.118. The van der Waals surface area contributed by atoms with E-state index in [1.807, 2.05) is 13.0 Å². The molecule has 0 saturated carbocycles. The molecule has 1 heterocycles. The molecule has 1 atom stereocenters. The summed E-state index contributed by atoms with van der Waals surface area (Å²) in [5, 5.41) is 2.93. The third kappa shape index (κ3) is 4.19. The quantitative estimate of drug-likeness (QED) is 0.840. The van der Waals surface area contributed by atoms with Crippen molar-refractivity contribution >= 4 is 17.3 Å². The molecular formula is C16H25N3O2. The molecule has 3 N–H and O–H groups in total. The summed E-state index contributed by atoms with van der Waals surface area (Å²) in [7, 11) is 1.57. The number of ether oxygens (including phenoxy) is 1. The molecule has 116 valence electrons. The molecule has 0 spiro atoms. The molecule has 1 aliphatic rings. The van der Waals surface area contributed by atoms with E-state index in [9.17, 15) is 4.79 Å². The van der Waals surface area contributed by atoms with E-state index in [4.69, 9.17) is 10.5 Å². The van der Waals surface area contributed by atoms with Crippen LogP contribution in [0, 0.1) is 6.92 Å². The molecule has 2 rings (SSSR count). The summed E-state index contributed by atoms with van der Waals surface area (Å²) in [5.74, 6) is -0.0654. The Kier molecular flexibility index (Phi) is 5.59. The Bertz CT molecular complexity index is 480. The molecule has 1 aliphatic heterocycles. The van der Waals surface area contributed by atoms with Crippen LogP contribution in [0.4, 0.5) is 11.4 Å². The summed E-state index contributed by atoms with van der Waals surface area (Å²) >= 11 is 0. The standard InChI is InChI=1S/C16H25N3O2/c1-12-9-13(19-7-3-4-8-19)5-6-15(12)18-16(20)10-14(11-17)21-2/h5-6,9,14H,3-4,7-8,10-11,17H2,1-2H3,(H,18,20). The highest BCUT2D eigenvalue weighted by atomic mass is 16.5. The Labute approximate surface area is 126 Å². The minimum atomic E-state index is -0.228. The third-order valence-corrected chi connectivity index (χ3v) is 3.96. The first kappa shape index (κ1) is 15.8. The maximum Gasteiger partial charge on any atom is 0.227 e. The molecule has 0 bridgehead atoms. The van der Waals surface area contributed by atoms with Crippen LogP contribution in [0.25, 0.3) is 0 Å². The van der Waals surface area contributed by atoms with E-state index in [1.54, 1.807) is 7.11 Å². The molecule has 1 aromatic rings. The number of hydrogen-bond acceptors (Lipinski definition) is 4. The lowest BCUT2D eigenvalue weighted by atomic mass is 10.1. The second-order valence-corrected chi connectivity index (χ2v) is 5.54. The van der Waals surface area contributed by atoms with Crippen LogP contribution < -0.4 is 16.0 Å². The second kappa shape index (κ2) is 7.43. The highest BCUT2D eigenvalue weighted by molar-refractivity contribution is 5.92. The van der Waals surface area contributed by atoms with Gasteiger partial charge >= 0.3 is 0 Å². The molecule has 5 heteroatoms. The zero-order chi connectivity index (χ0) is 15.2. The minimum absolute atomic E-state index is 0.0654. The van der Waals surface area contributed by atoms with E-state index >= 15 is 0 Å². The molecule has 0 aliphatic carbocycles. The number of nitrogens with one attached hydrogen (secondary N) is 1. The second-order valence-electron chi connectivity index (χ2n) is 5.54. The van der Waals surface area contributed by atoms with Crippen LogP contribution in [0.15, 0.2) is 18.2 Å². The number of rotatable bonds is 6. The van der Waals surface area contributed by atoms with Gasteiger partial charge in [0.1, 0.15) is 0 Å². The van der Waals surface area contributed by atoms with Crippen LogP contribution in [-0.4, -0.2) is 38.8 Å². The summed E-state index contributed by atoms with van der Waals surface area (Å²) in [5.41, 5.74) is 8.70. The molecular weight excluding hydrogens is 266 g/mol. The van der Waals surface area contributed by atoms with Crippen molar-refractivity contribution in [1.82, 2.24) is 0 Å². The number of benzene rings is 1. The van der Waals surface area contributed by atoms with Crippen molar-refractivity contribution in [2.45, 2.75) is 32.3 Å². The van der Waals surface area contributed by atoms with Crippen LogP contribution in [0.2, 0.25) is 0 Å². The summed E-state index contributed by atoms with van der Waals surface area (Å²) < 4.78 is 5.13. The SMILES string of the molecule is COC(CN)CC(=O)Nc1ccc(N2CCCC2)cc1C. The molecule has 1 saturated heterocycles. The summed E-state index contributed by atoms with van der Waals surface area (Å²) in [6.07, 6.45) is 2.57. The van der Waals surface area contributed by atoms with Crippen LogP contribution in [-0.2, 0) is 9.53 Å². The monoisotopic (exact) mass is 291 g/mol. The largest absolute Gasteiger partial charge is 0.380 e. The molecule has 1 aromatic carbocycles. The van der Waals surface area contributed by atoms with Gasteiger partial charge in [-0.05, 0) is 43.5 Å². The minimum Gasteiger partial charge on any atom is -0.380 e. The molecule has 1 amide bonds. The van der Waals surface area contributed by atoms with Gasteiger partial charge in [-0.2, -0.15) is 0 Å². The topological polar surface area (TPSA) is 67.6 Å². The predicted molar refractivity (Wildman–Crippen MR) is 85.7 cm³/mol. The average Bonchev–Trinajstić information content (AvgIpc) is 3.01. The first-order valence-electron chi connectivity index (χ1n) is 7.52. The normalized spacial score (nSPS) is 16.0. The Morgan fingerprint density at radius 2 is 2.14 bits per heavy atom. The van der Waals surface area contributed by atoms with Crippen LogP contribution >= 0.6 is 0 Å². The van der Waals surface area contributed by atoms with E-state index < -0.39 is 0 Å². The zero-order valence-corrected chi connectivity index (χ0v) is 12.9. The Balaban J connectivity index is 1.98. The number of carbonyl (C=O) groups excluding carboxylic acids is 1. The van der Waals surface area contributed by atoms with Crippen molar-refractivity contribution in [2.24, 2.45) is 5.73 Å². The van der Waals surface area contributed by atoms with Crippen molar-refractivity contribution in [3.8, 4) is 0 Å². The summed E-state index contributed by atoms with van der Waals surface area (Å²) in [6, 6.07) is 6.19. The van der Waals surface area contributed by atoms with E-state index in [1.165, 1.54) is 18.5 Å². The van der Waals surface area contributed by atoms with Gasteiger partial charge in [0.15, 0.2) is 0 Å². The van der Waals surface area contributed by atoms with E-state index in [-0.39, 0.29) is 18.4 Å². The lowest BCUT2D eigenvalue weighted by Crippen LogP contribution is -2.28. The number of nitrogens with two attached hydrogens (primary N) is 1. The smallest absolute Gasteiger partial charge is 0.227 e. The van der Waals surface area contributed by atoms with E-state index in [2.05, 4.69) is 22.3 Å². The number of aryl methyl sites for hydroxylation is 1. The highest BCUT2D eigenvalue weighted by Crippen LogP contribution is 2.25. The van der Waals surface area contributed by atoms with Gasteiger partial charge in [-0.3, -0.25) is 4.79 Å². The summed E-state index contributed by atoms with van der Waals surface area (Å²) in [6.45, 7) is 4.61. The first-order chi connectivity index (χ1) is 10.1. The zero-order valence-electron chi connectivity index (χ0n) is 12.9. The van der Waals surface area contributed by atoms with Crippen molar-refractivity contribution in [2.75, 3.05) is 37.0 Å². The van der Waals surface area contributed by atoms with Crippen molar-refractivity contribution in [3.63, 3.8) is 0 Å². The van der Waals surface area contributed by atoms with Gasteiger partial charge in [-0.1, -0.05) is 0 Å².